The summed E-state index contributed by atoms with van der Waals surface area (Å²) >= 11 is 5.42. The summed E-state index contributed by atoms with van der Waals surface area (Å²) in [5, 5.41) is 0. The highest BCUT2D eigenvalue weighted by molar-refractivity contribution is 9.10. The molecule has 0 aliphatic carbocycles. The van der Waals surface area contributed by atoms with Crippen molar-refractivity contribution in [1.82, 2.24) is 0 Å². The smallest absolute Gasteiger partial charge is 0.0232 e. The molecule has 0 amide bonds. The van der Waals surface area contributed by atoms with Gasteiger partial charge in [-0.1, -0.05) is 45.3 Å². The molecule has 0 radical (unpaired) electrons. The second kappa shape index (κ2) is 7.30. The molecule has 3 heteroatoms. The highest BCUT2D eigenvalue weighted by Gasteiger charge is 2.05. The van der Waals surface area contributed by atoms with Crippen molar-refractivity contribution in [2.75, 3.05) is 6.54 Å². The Morgan fingerprint density at radius 1 is 1.05 bits per heavy atom. The van der Waals surface area contributed by atoms with Crippen LogP contribution in [0.5, 0.6) is 0 Å². The summed E-state index contributed by atoms with van der Waals surface area (Å²) in [6.07, 6.45) is 0.925. The first kappa shape index (κ1) is 15.6. The summed E-state index contributed by atoms with van der Waals surface area (Å²) in [5.41, 5.74) is 11.1. The number of halogens is 1. The highest BCUT2D eigenvalue weighted by atomic mass is 79.9. The van der Waals surface area contributed by atoms with E-state index in [0.717, 1.165) is 16.6 Å². The van der Waals surface area contributed by atoms with Crippen molar-refractivity contribution in [3.63, 3.8) is 0 Å². The molecule has 1 nitrogen and oxygen atoms in total. The molecule has 0 unspecified atom stereocenters. The van der Waals surface area contributed by atoms with E-state index in [9.17, 15) is 0 Å². The SMILES string of the molecule is Cc1cc(C)cc(CSc2ccc(Br)cc2CCN)c1. The van der Waals surface area contributed by atoms with E-state index in [1.807, 2.05) is 11.8 Å². The Labute approximate surface area is 134 Å². The van der Waals surface area contributed by atoms with Crippen LogP contribution in [0.3, 0.4) is 0 Å². The summed E-state index contributed by atoms with van der Waals surface area (Å²) in [6, 6.07) is 13.2. The Morgan fingerprint density at radius 2 is 1.75 bits per heavy atom. The maximum atomic E-state index is 5.70. The number of hydrogen-bond donors (Lipinski definition) is 1. The standard InChI is InChI=1S/C17H20BrNS/c1-12-7-13(2)9-14(8-12)11-20-17-4-3-16(18)10-15(17)5-6-19/h3-4,7-10H,5-6,11,19H2,1-2H3. The van der Waals surface area contributed by atoms with Crippen LogP contribution in [-0.2, 0) is 12.2 Å². The molecule has 2 N–H and O–H groups in total. The van der Waals surface area contributed by atoms with Gasteiger partial charge >= 0.3 is 0 Å². The molecule has 0 spiro atoms. The van der Waals surface area contributed by atoms with Gasteiger partial charge < -0.3 is 5.73 Å². The molecule has 2 rings (SSSR count). The molecule has 0 heterocycles. The molecule has 0 saturated carbocycles. The Balaban J connectivity index is 2.13. The molecule has 0 fully saturated rings. The number of nitrogens with two attached hydrogens (primary N) is 1. The highest BCUT2D eigenvalue weighted by Crippen LogP contribution is 2.29. The minimum atomic E-state index is 0.688. The Morgan fingerprint density at radius 3 is 2.40 bits per heavy atom. The molecule has 20 heavy (non-hydrogen) atoms. The van der Waals surface area contributed by atoms with Gasteiger partial charge in [0, 0.05) is 15.1 Å². The quantitative estimate of drug-likeness (QED) is 0.780. The third kappa shape index (κ3) is 4.37. The second-order valence-electron chi connectivity index (χ2n) is 5.08. The van der Waals surface area contributed by atoms with Crippen LogP contribution in [0.1, 0.15) is 22.3 Å². The predicted molar refractivity (Wildman–Crippen MR) is 92.4 cm³/mol. The number of aryl methyl sites for hydroxylation is 2. The lowest BCUT2D eigenvalue weighted by Gasteiger charge is -2.10. The van der Waals surface area contributed by atoms with Gasteiger partial charge in [-0.25, -0.2) is 0 Å². The van der Waals surface area contributed by atoms with E-state index in [1.165, 1.54) is 27.1 Å². The van der Waals surface area contributed by atoms with Crippen LogP contribution in [0.2, 0.25) is 0 Å². The molecular weight excluding hydrogens is 330 g/mol. The number of rotatable bonds is 5. The van der Waals surface area contributed by atoms with Crippen LogP contribution in [0.15, 0.2) is 45.8 Å². The maximum absolute atomic E-state index is 5.70. The summed E-state index contributed by atoms with van der Waals surface area (Å²) in [5.74, 6) is 1.00. The minimum absolute atomic E-state index is 0.688. The fraction of sp³-hybridized carbons (Fsp3) is 0.294. The predicted octanol–water partition coefficient (Wildman–Crippen LogP) is 4.86. The van der Waals surface area contributed by atoms with Gasteiger partial charge in [-0.05, 0) is 56.1 Å². The zero-order chi connectivity index (χ0) is 14.5. The summed E-state index contributed by atoms with van der Waals surface area (Å²) in [4.78, 5) is 1.33. The first-order chi connectivity index (χ1) is 9.58. The zero-order valence-corrected chi connectivity index (χ0v) is 14.4. The van der Waals surface area contributed by atoms with Crippen molar-refractivity contribution >= 4 is 27.7 Å². The van der Waals surface area contributed by atoms with Gasteiger partial charge in [0.05, 0.1) is 0 Å². The number of hydrogen-bond acceptors (Lipinski definition) is 2. The van der Waals surface area contributed by atoms with Crippen LogP contribution >= 0.6 is 27.7 Å². The first-order valence-corrected chi connectivity index (χ1v) is 8.55. The molecule has 0 bridgehead atoms. The number of thioether (sulfide) groups is 1. The lowest BCUT2D eigenvalue weighted by atomic mass is 10.1. The molecular formula is C17H20BrNS. The topological polar surface area (TPSA) is 26.0 Å². The van der Waals surface area contributed by atoms with Crippen LogP contribution in [0, 0.1) is 13.8 Å². The van der Waals surface area contributed by atoms with Crippen molar-refractivity contribution in [3.8, 4) is 0 Å². The Kier molecular flexibility index (Phi) is 5.70. The van der Waals surface area contributed by atoms with E-state index in [-0.39, 0.29) is 0 Å². The summed E-state index contributed by atoms with van der Waals surface area (Å²) < 4.78 is 1.12. The summed E-state index contributed by atoms with van der Waals surface area (Å²) in [6.45, 7) is 4.99. The van der Waals surface area contributed by atoms with Crippen LogP contribution in [0.4, 0.5) is 0 Å². The molecule has 2 aromatic carbocycles. The van der Waals surface area contributed by atoms with Crippen LogP contribution in [-0.4, -0.2) is 6.54 Å². The zero-order valence-electron chi connectivity index (χ0n) is 11.9. The van der Waals surface area contributed by atoms with Crippen molar-refractivity contribution in [1.29, 1.82) is 0 Å². The van der Waals surface area contributed by atoms with Gasteiger partial charge in [0.2, 0.25) is 0 Å². The number of benzene rings is 2. The first-order valence-electron chi connectivity index (χ1n) is 6.77. The fourth-order valence-corrected chi connectivity index (χ4v) is 3.76. The average molecular weight is 350 g/mol. The van der Waals surface area contributed by atoms with Gasteiger partial charge in [-0.3, -0.25) is 0 Å². The van der Waals surface area contributed by atoms with Gasteiger partial charge in [0.1, 0.15) is 0 Å². The maximum Gasteiger partial charge on any atom is 0.0232 e. The second-order valence-corrected chi connectivity index (χ2v) is 7.01. The van der Waals surface area contributed by atoms with E-state index in [1.54, 1.807) is 0 Å². The van der Waals surface area contributed by atoms with E-state index < -0.39 is 0 Å². The van der Waals surface area contributed by atoms with Crippen molar-refractivity contribution in [3.05, 3.63) is 63.1 Å². The third-order valence-electron chi connectivity index (χ3n) is 3.11. The van der Waals surface area contributed by atoms with E-state index >= 15 is 0 Å². The van der Waals surface area contributed by atoms with E-state index in [4.69, 9.17) is 5.73 Å². The minimum Gasteiger partial charge on any atom is -0.330 e. The monoisotopic (exact) mass is 349 g/mol. The molecule has 0 saturated heterocycles. The van der Waals surface area contributed by atoms with Gasteiger partial charge in [-0.15, -0.1) is 11.8 Å². The normalized spacial score (nSPS) is 10.8. The molecule has 0 aliphatic rings. The van der Waals surface area contributed by atoms with Crippen molar-refractivity contribution in [2.45, 2.75) is 30.9 Å². The molecule has 0 aliphatic heterocycles. The van der Waals surface area contributed by atoms with Gasteiger partial charge in [0.15, 0.2) is 0 Å². The lowest BCUT2D eigenvalue weighted by Crippen LogP contribution is -2.03. The largest absolute Gasteiger partial charge is 0.330 e. The molecule has 2 aromatic rings. The van der Waals surface area contributed by atoms with E-state index in [0.29, 0.717) is 6.54 Å². The molecule has 0 aromatic heterocycles. The lowest BCUT2D eigenvalue weighted by molar-refractivity contribution is 0.943. The van der Waals surface area contributed by atoms with Gasteiger partial charge in [0.25, 0.3) is 0 Å². The summed E-state index contributed by atoms with van der Waals surface area (Å²) in [7, 11) is 0. The molecule has 0 atom stereocenters. The van der Waals surface area contributed by atoms with Crippen LogP contribution < -0.4 is 5.73 Å². The van der Waals surface area contributed by atoms with Crippen molar-refractivity contribution < 1.29 is 0 Å². The van der Waals surface area contributed by atoms with Crippen LogP contribution in [0.25, 0.3) is 0 Å². The third-order valence-corrected chi connectivity index (χ3v) is 4.79. The van der Waals surface area contributed by atoms with E-state index in [2.05, 4.69) is 66.2 Å². The Hall–Kier alpha value is -0.770. The fourth-order valence-electron chi connectivity index (χ4n) is 2.35. The molecule has 106 valence electrons. The average Bonchev–Trinajstić information content (AvgIpc) is 2.37. The van der Waals surface area contributed by atoms with Gasteiger partial charge in [-0.2, -0.15) is 0 Å². The van der Waals surface area contributed by atoms with Crippen molar-refractivity contribution in [2.24, 2.45) is 5.73 Å². The Bertz CT molecular complexity index is 575.